The van der Waals surface area contributed by atoms with Crippen LogP contribution in [-0.4, -0.2) is 14.3 Å². The van der Waals surface area contributed by atoms with E-state index in [4.69, 9.17) is 15.8 Å². The first-order valence-electron chi connectivity index (χ1n) is 9.12. The molecule has 1 N–H and O–H groups in total. The third-order valence-electron chi connectivity index (χ3n) is 4.16. The Labute approximate surface area is 185 Å². The summed E-state index contributed by atoms with van der Waals surface area (Å²) in [4.78, 5) is 12.4. The van der Waals surface area contributed by atoms with E-state index in [1.165, 1.54) is 36.4 Å². The third kappa shape index (κ3) is 5.95. The summed E-state index contributed by atoms with van der Waals surface area (Å²) in [5.41, 5.74) is 0.826. The van der Waals surface area contributed by atoms with Gasteiger partial charge in [0.15, 0.2) is 0 Å². The minimum atomic E-state index is -4.11. The molecule has 31 heavy (non-hydrogen) atoms. The predicted molar refractivity (Wildman–Crippen MR) is 118 cm³/mol. The lowest BCUT2D eigenvalue weighted by Crippen LogP contribution is -2.23. The number of amides is 1. The van der Waals surface area contributed by atoms with Gasteiger partial charge in [0, 0.05) is 17.1 Å². The molecule has 0 unspecified atom stereocenters. The molecule has 3 aromatic carbocycles. The second-order valence-electron chi connectivity index (χ2n) is 6.37. The normalized spacial score (nSPS) is 11.4. The zero-order valence-electron chi connectivity index (χ0n) is 16.2. The summed E-state index contributed by atoms with van der Waals surface area (Å²) in [5, 5.41) is 12.4. The van der Waals surface area contributed by atoms with Crippen molar-refractivity contribution in [3.05, 3.63) is 101 Å². The van der Waals surface area contributed by atoms with Crippen molar-refractivity contribution in [3.8, 4) is 11.8 Å². The van der Waals surface area contributed by atoms with Crippen LogP contribution in [0.5, 0.6) is 5.75 Å². The molecule has 0 aromatic heterocycles. The van der Waals surface area contributed by atoms with Gasteiger partial charge in [0.1, 0.15) is 22.3 Å². The maximum atomic E-state index is 12.6. The maximum absolute atomic E-state index is 12.6. The van der Waals surface area contributed by atoms with E-state index in [0.29, 0.717) is 0 Å². The number of hydrogen-bond donors (Lipinski definition) is 1. The number of nitriles is 1. The van der Waals surface area contributed by atoms with E-state index in [1.807, 2.05) is 36.4 Å². The molecule has 3 aromatic rings. The lowest BCUT2D eigenvalue weighted by molar-refractivity contribution is -0.117. The molecule has 0 saturated heterocycles. The summed E-state index contributed by atoms with van der Waals surface area (Å²) in [6, 6.07) is 22.9. The van der Waals surface area contributed by atoms with E-state index in [-0.39, 0.29) is 33.3 Å². The molecule has 0 aliphatic heterocycles. The highest BCUT2D eigenvalue weighted by atomic mass is 35.5. The summed E-state index contributed by atoms with van der Waals surface area (Å²) in [5.74, 6) is -0.667. The second-order valence-corrected chi connectivity index (χ2v) is 8.35. The van der Waals surface area contributed by atoms with Gasteiger partial charge in [-0.2, -0.15) is 13.7 Å². The van der Waals surface area contributed by atoms with E-state index >= 15 is 0 Å². The average Bonchev–Trinajstić information content (AvgIpc) is 2.78. The number of halogens is 1. The average molecular weight is 453 g/mol. The van der Waals surface area contributed by atoms with Crippen LogP contribution in [0.25, 0.3) is 6.08 Å². The van der Waals surface area contributed by atoms with Crippen molar-refractivity contribution in [1.29, 1.82) is 5.26 Å². The Morgan fingerprint density at radius 1 is 1.03 bits per heavy atom. The summed E-state index contributed by atoms with van der Waals surface area (Å²) in [6.45, 7) is 0.236. The van der Waals surface area contributed by atoms with E-state index in [0.717, 1.165) is 5.56 Å². The Morgan fingerprint density at radius 2 is 1.68 bits per heavy atom. The molecule has 0 saturated carbocycles. The first-order chi connectivity index (χ1) is 14.9. The first kappa shape index (κ1) is 22.1. The van der Waals surface area contributed by atoms with Crippen LogP contribution < -0.4 is 9.50 Å². The summed E-state index contributed by atoms with van der Waals surface area (Å²) in [6.07, 6.45) is 1.24. The van der Waals surface area contributed by atoms with Crippen molar-refractivity contribution in [2.24, 2.45) is 0 Å². The maximum Gasteiger partial charge on any atom is 0.339 e. The molecule has 0 spiro atoms. The highest BCUT2D eigenvalue weighted by Gasteiger charge is 2.19. The van der Waals surface area contributed by atoms with Crippen LogP contribution in [-0.2, 0) is 21.5 Å². The molecule has 156 valence electrons. The zero-order chi connectivity index (χ0) is 22.3. The Balaban J connectivity index is 1.87. The van der Waals surface area contributed by atoms with Crippen LogP contribution in [0.15, 0.2) is 89.3 Å². The molecular formula is C23H17ClN2O4S. The van der Waals surface area contributed by atoms with Gasteiger partial charge in [-0.15, -0.1) is 0 Å². The first-order valence-corrected chi connectivity index (χ1v) is 10.9. The van der Waals surface area contributed by atoms with E-state index in [1.54, 1.807) is 18.2 Å². The largest absolute Gasteiger partial charge is 0.378 e. The van der Waals surface area contributed by atoms with Crippen molar-refractivity contribution in [3.63, 3.8) is 0 Å². The number of carbonyl (C=O) groups excluding carboxylic acids is 1. The topological polar surface area (TPSA) is 96.3 Å². The van der Waals surface area contributed by atoms with Gasteiger partial charge in [-0.05, 0) is 42.0 Å². The van der Waals surface area contributed by atoms with Crippen molar-refractivity contribution < 1.29 is 17.4 Å². The lowest BCUT2D eigenvalue weighted by atomic mass is 10.1. The van der Waals surface area contributed by atoms with Crippen LogP contribution in [0.2, 0.25) is 5.02 Å². The van der Waals surface area contributed by atoms with Crippen molar-refractivity contribution in [1.82, 2.24) is 5.32 Å². The van der Waals surface area contributed by atoms with Gasteiger partial charge < -0.3 is 9.50 Å². The highest BCUT2D eigenvalue weighted by molar-refractivity contribution is 7.87. The standard InChI is InChI=1S/C23H17ClN2O4S/c24-20-11-12-22(30-31(28,29)21-9-5-2-6-10-21)18(14-20)13-19(15-25)23(27)26-16-17-7-3-1-4-8-17/h1-14H,16H2,(H,26,27)/b19-13+. The number of hydrogen-bond acceptors (Lipinski definition) is 5. The smallest absolute Gasteiger partial charge is 0.339 e. The quantitative estimate of drug-likeness (QED) is 0.327. The van der Waals surface area contributed by atoms with E-state index in [2.05, 4.69) is 5.32 Å². The summed E-state index contributed by atoms with van der Waals surface area (Å²) >= 11 is 6.03. The van der Waals surface area contributed by atoms with Gasteiger partial charge in [-0.25, -0.2) is 0 Å². The van der Waals surface area contributed by atoms with Crippen molar-refractivity contribution in [2.45, 2.75) is 11.4 Å². The molecule has 0 heterocycles. The van der Waals surface area contributed by atoms with Crippen LogP contribution in [0, 0.1) is 11.3 Å². The fraction of sp³-hybridized carbons (Fsp3) is 0.0435. The van der Waals surface area contributed by atoms with Gasteiger partial charge in [0.05, 0.1) is 0 Å². The molecule has 0 bridgehead atoms. The van der Waals surface area contributed by atoms with Crippen LogP contribution in [0.1, 0.15) is 11.1 Å². The molecule has 1 amide bonds. The highest BCUT2D eigenvalue weighted by Crippen LogP contribution is 2.28. The van der Waals surface area contributed by atoms with Crippen LogP contribution >= 0.6 is 11.6 Å². The number of nitrogens with zero attached hydrogens (tertiary/aromatic N) is 1. The fourth-order valence-corrected chi connectivity index (χ4v) is 3.79. The summed E-state index contributed by atoms with van der Waals surface area (Å²) in [7, 11) is -4.11. The van der Waals surface area contributed by atoms with Gasteiger partial charge in [0.2, 0.25) is 0 Å². The van der Waals surface area contributed by atoms with E-state index < -0.39 is 16.0 Å². The molecule has 0 aliphatic carbocycles. The Kier molecular flexibility index (Phi) is 7.08. The van der Waals surface area contributed by atoms with Crippen molar-refractivity contribution >= 4 is 33.7 Å². The molecule has 0 aliphatic rings. The third-order valence-corrected chi connectivity index (χ3v) is 5.65. The number of carbonyl (C=O) groups is 1. The van der Waals surface area contributed by atoms with E-state index in [9.17, 15) is 18.5 Å². The van der Waals surface area contributed by atoms with Gasteiger partial charge in [-0.3, -0.25) is 4.79 Å². The second kappa shape index (κ2) is 9.94. The molecule has 8 heteroatoms. The minimum Gasteiger partial charge on any atom is -0.378 e. The van der Waals surface area contributed by atoms with Gasteiger partial charge in [-0.1, -0.05) is 60.1 Å². The molecule has 3 rings (SSSR count). The van der Waals surface area contributed by atoms with Gasteiger partial charge >= 0.3 is 10.1 Å². The fourth-order valence-electron chi connectivity index (χ4n) is 2.64. The number of nitrogens with one attached hydrogen (secondary N) is 1. The summed E-state index contributed by atoms with van der Waals surface area (Å²) < 4.78 is 30.4. The SMILES string of the molecule is N#C/C(=C\c1cc(Cl)ccc1OS(=O)(=O)c1ccccc1)C(=O)NCc1ccccc1. The van der Waals surface area contributed by atoms with Crippen LogP contribution in [0.4, 0.5) is 0 Å². The van der Waals surface area contributed by atoms with Crippen molar-refractivity contribution in [2.75, 3.05) is 0 Å². The number of benzene rings is 3. The Morgan fingerprint density at radius 3 is 2.32 bits per heavy atom. The lowest BCUT2D eigenvalue weighted by Gasteiger charge is -2.11. The molecule has 6 nitrogen and oxygen atoms in total. The Hall–Kier alpha value is -3.60. The van der Waals surface area contributed by atoms with Crippen LogP contribution in [0.3, 0.4) is 0 Å². The Bertz CT molecular complexity index is 1250. The molecule has 0 radical (unpaired) electrons. The minimum absolute atomic E-state index is 0.0269. The van der Waals surface area contributed by atoms with Gasteiger partial charge in [0.25, 0.3) is 5.91 Å². The number of rotatable bonds is 7. The zero-order valence-corrected chi connectivity index (χ0v) is 17.7. The monoisotopic (exact) mass is 452 g/mol. The molecule has 0 atom stereocenters. The molecule has 0 fully saturated rings. The predicted octanol–water partition coefficient (Wildman–Crippen LogP) is 4.33. The molecular weight excluding hydrogens is 436 g/mol.